The molecule has 0 aromatic heterocycles. The van der Waals surface area contributed by atoms with Crippen LogP contribution < -0.4 is 9.47 Å². The topological polar surface area (TPSA) is 71.3 Å². The molecule has 0 aliphatic heterocycles. The van der Waals surface area contributed by atoms with Gasteiger partial charge in [0.2, 0.25) is 0 Å². The average Bonchev–Trinajstić information content (AvgIpc) is 3.24. The molecule has 0 heterocycles. The van der Waals surface area contributed by atoms with E-state index in [-0.39, 0.29) is 27.2 Å². The van der Waals surface area contributed by atoms with Crippen LogP contribution in [0.25, 0.3) is 0 Å². The Morgan fingerprint density at radius 2 is 0.939 bits per heavy atom. The van der Waals surface area contributed by atoms with Crippen molar-refractivity contribution in [1.82, 2.24) is 0 Å². The molecular formula is C60H88FNO4. The molecule has 0 aliphatic carbocycles. The van der Waals surface area contributed by atoms with Gasteiger partial charge in [-0.1, -0.05) is 198 Å². The van der Waals surface area contributed by atoms with Crippen LogP contribution in [0.15, 0.2) is 77.8 Å². The number of phenolic OH excluding ortho intramolecular Hbond substituents is 1. The largest absolute Gasteiger partial charge is 0.504 e. The SMILES string of the molecule is CCCCCCCCOc1c(C(C)(C)C)cc(C(O)(c2cc(C(C)(C)C)c(OCCCCCCCC)c(C(C)(C)C)c2)C(Cc2ccccc2)N=Cc2cccc(F)c2O)cc1C(C)(C)C. The highest BCUT2D eigenvalue weighted by Gasteiger charge is 2.45. The third-order valence-electron chi connectivity index (χ3n) is 12.9. The Kier molecular flexibility index (Phi) is 19.6. The zero-order valence-electron chi connectivity index (χ0n) is 43.7. The monoisotopic (exact) mass is 906 g/mol. The second kappa shape index (κ2) is 23.7. The number of halogens is 1. The zero-order chi connectivity index (χ0) is 48.9. The normalized spacial score (nSPS) is 13.4. The number of phenols is 1. The van der Waals surface area contributed by atoms with Crippen molar-refractivity contribution in [3.63, 3.8) is 0 Å². The lowest BCUT2D eigenvalue weighted by atomic mass is 9.70. The minimum absolute atomic E-state index is 0.240. The Morgan fingerprint density at radius 3 is 1.33 bits per heavy atom. The number of aliphatic imine (C=N–C) groups is 1. The molecule has 66 heavy (non-hydrogen) atoms. The molecule has 5 nitrogen and oxygen atoms in total. The number of nitrogens with zero attached hydrogens (tertiary/aromatic N) is 1. The Bertz CT molecular complexity index is 1980. The number of unbranched alkanes of at least 4 members (excludes halogenated alkanes) is 10. The van der Waals surface area contributed by atoms with Crippen LogP contribution in [0.2, 0.25) is 0 Å². The first-order chi connectivity index (χ1) is 30.9. The number of ether oxygens (including phenoxy) is 2. The molecule has 1 atom stereocenters. The summed E-state index contributed by atoms with van der Waals surface area (Å²) in [4.78, 5) is 5.25. The van der Waals surface area contributed by atoms with Crippen molar-refractivity contribution < 1.29 is 24.1 Å². The lowest BCUT2D eigenvalue weighted by Crippen LogP contribution is -2.42. The Morgan fingerprint density at radius 1 is 0.545 bits per heavy atom. The quantitative estimate of drug-likeness (QED) is 0.0575. The molecule has 4 rings (SSSR count). The highest BCUT2D eigenvalue weighted by Crippen LogP contribution is 2.49. The first-order valence-electron chi connectivity index (χ1n) is 25.4. The minimum Gasteiger partial charge on any atom is -0.504 e. The van der Waals surface area contributed by atoms with E-state index in [0.29, 0.717) is 30.8 Å². The van der Waals surface area contributed by atoms with Crippen LogP contribution >= 0.6 is 0 Å². The van der Waals surface area contributed by atoms with Crippen LogP contribution in [0.5, 0.6) is 17.2 Å². The van der Waals surface area contributed by atoms with Gasteiger partial charge >= 0.3 is 0 Å². The number of hydrogen-bond acceptors (Lipinski definition) is 5. The smallest absolute Gasteiger partial charge is 0.165 e. The van der Waals surface area contributed by atoms with Gasteiger partial charge in [-0.15, -0.1) is 0 Å². The van der Waals surface area contributed by atoms with Crippen LogP contribution in [-0.2, 0) is 33.7 Å². The van der Waals surface area contributed by atoms with Gasteiger partial charge in [0.15, 0.2) is 11.6 Å². The van der Waals surface area contributed by atoms with Gasteiger partial charge in [0.1, 0.15) is 17.1 Å². The van der Waals surface area contributed by atoms with Crippen LogP contribution in [-0.4, -0.2) is 35.7 Å². The summed E-state index contributed by atoms with van der Waals surface area (Å²) in [7, 11) is 0. The number of rotatable bonds is 23. The number of hydrogen-bond donors (Lipinski definition) is 2. The van der Waals surface area contributed by atoms with Crippen molar-refractivity contribution >= 4 is 6.21 Å². The molecule has 0 saturated carbocycles. The predicted octanol–water partition coefficient (Wildman–Crippen LogP) is 16.2. The van der Waals surface area contributed by atoms with E-state index >= 15 is 0 Å². The zero-order valence-corrected chi connectivity index (χ0v) is 43.7. The van der Waals surface area contributed by atoms with E-state index in [1.807, 2.05) is 18.2 Å². The van der Waals surface area contributed by atoms with Gasteiger partial charge in [0, 0.05) is 34.0 Å². The molecule has 4 aromatic rings. The third kappa shape index (κ3) is 14.7. The molecule has 6 heteroatoms. The van der Waals surface area contributed by atoms with E-state index in [4.69, 9.17) is 14.5 Å². The summed E-state index contributed by atoms with van der Waals surface area (Å²) in [6, 6.07) is 22.4. The minimum atomic E-state index is -1.76. The molecule has 0 radical (unpaired) electrons. The fourth-order valence-corrected chi connectivity index (χ4v) is 8.85. The molecule has 0 spiro atoms. The Hall–Kier alpha value is -4.16. The van der Waals surface area contributed by atoms with Crippen LogP contribution in [0.4, 0.5) is 4.39 Å². The fourth-order valence-electron chi connectivity index (χ4n) is 8.85. The number of para-hydroxylation sites is 1. The van der Waals surface area contributed by atoms with Crippen molar-refractivity contribution in [2.24, 2.45) is 4.99 Å². The van der Waals surface area contributed by atoms with Gasteiger partial charge in [0.25, 0.3) is 0 Å². The third-order valence-corrected chi connectivity index (χ3v) is 12.9. The predicted molar refractivity (Wildman–Crippen MR) is 278 cm³/mol. The molecule has 0 fully saturated rings. The van der Waals surface area contributed by atoms with Crippen molar-refractivity contribution in [2.45, 2.75) is 214 Å². The molecule has 364 valence electrons. The van der Waals surface area contributed by atoms with Gasteiger partial charge in [-0.05, 0) is 94.0 Å². The second-order valence-corrected chi connectivity index (χ2v) is 23.0. The summed E-state index contributed by atoms with van der Waals surface area (Å²) < 4.78 is 28.7. The summed E-state index contributed by atoms with van der Waals surface area (Å²) in [5.41, 5.74) is 3.50. The first kappa shape index (κ1) is 54.4. The lowest BCUT2D eigenvalue weighted by Gasteiger charge is -2.40. The molecule has 0 bridgehead atoms. The molecule has 1 unspecified atom stereocenters. The van der Waals surface area contributed by atoms with Crippen molar-refractivity contribution in [3.05, 3.63) is 123 Å². The molecule has 2 N–H and O–H groups in total. The van der Waals surface area contributed by atoms with Gasteiger partial charge in [-0.3, -0.25) is 4.99 Å². The van der Waals surface area contributed by atoms with E-state index in [2.05, 4.69) is 133 Å². The van der Waals surface area contributed by atoms with Gasteiger partial charge in [-0.25, -0.2) is 4.39 Å². The summed E-state index contributed by atoms with van der Waals surface area (Å²) in [6.45, 7) is 32.3. The maximum Gasteiger partial charge on any atom is 0.165 e. The van der Waals surface area contributed by atoms with Gasteiger partial charge in [-0.2, -0.15) is 0 Å². The van der Waals surface area contributed by atoms with Gasteiger partial charge in [0.05, 0.1) is 19.3 Å². The maximum atomic E-state index is 14.9. The Balaban J connectivity index is 2.13. The number of aliphatic hydroxyl groups is 1. The van der Waals surface area contributed by atoms with E-state index in [1.54, 1.807) is 12.1 Å². The molecule has 4 aromatic carbocycles. The van der Waals surface area contributed by atoms with Crippen molar-refractivity contribution in [2.75, 3.05) is 13.2 Å². The van der Waals surface area contributed by atoms with E-state index in [9.17, 15) is 14.6 Å². The highest BCUT2D eigenvalue weighted by molar-refractivity contribution is 5.83. The van der Waals surface area contributed by atoms with E-state index < -0.39 is 23.2 Å². The fraction of sp³-hybridized carbons (Fsp3) is 0.583. The first-order valence-corrected chi connectivity index (χ1v) is 25.4. The highest BCUT2D eigenvalue weighted by atomic mass is 19.1. The standard InChI is InChI=1S/C60H88FNO4/c1-15-17-19-21-23-28-35-65-54-47(56(3,4)5)38-45(39-48(54)57(6,7)8)60(64,52(37-43-31-26-25-27-32-43)62-42-44-33-30-34-51(61)53(44)63)46-40-49(58(9,10)11)55(50(41-46)59(12,13)14)66-36-29-24-22-20-18-16-2/h25-27,30-34,38-42,52,63-64H,15-24,28-29,35-37H2,1-14H3. The maximum absolute atomic E-state index is 14.9. The van der Waals surface area contributed by atoms with Gasteiger partial charge < -0.3 is 19.7 Å². The van der Waals surface area contributed by atoms with Crippen molar-refractivity contribution in [3.8, 4) is 17.2 Å². The molecular weight excluding hydrogens is 818 g/mol. The van der Waals surface area contributed by atoms with Crippen LogP contribution in [0.3, 0.4) is 0 Å². The van der Waals surface area contributed by atoms with Crippen LogP contribution in [0, 0.1) is 5.82 Å². The summed E-state index contributed by atoms with van der Waals surface area (Å²) in [5, 5.41) is 25.5. The lowest BCUT2D eigenvalue weighted by molar-refractivity contribution is 0.0520. The summed E-state index contributed by atoms with van der Waals surface area (Å²) >= 11 is 0. The van der Waals surface area contributed by atoms with E-state index in [0.717, 1.165) is 65.0 Å². The number of aromatic hydroxyl groups is 1. The number of benzene rings is 4. The summed E-state index contributed by atoms with van der Waals surface area (Å²) in [5.74, 6) is 0.562. The molecule has 0 amide bonds. The molecule has 0 saturated heterocycles. The van der Waals surface area contributed by atoms with Crippen LogP contribution in [0.1, 0.15) is 218 Å². The average molecular weight is 906 g/mol. The summed E-state index contributed by atoms with van der Waals surface area (Å²) in [6.07, 6.45) is 15.9. The second-order valence-electron chi connectivity index (χ2n) is 23.0. The Labute approximate surface area is 401 Å². The van der Waals surface area contributed by atoms with Crippen molar-refractivity contribution in [1.29, 1.82) is 0 Å². The van der Waals surface area contributed by atoms with E-state index in [1.165, 1.54) is 63.6 Å². The molecule has 0 aliphatic rings.